The van der Waals surface area contributed by atoms with Gasteiger partial charge in [-0.1, -0.05) is 34.1 Å². The molecule has 0 nitrogen and oxygen atoms in total. The lowest BCUT2D eigenvalue weighted by Crippen LogP contribution is -1.96. The van der Waals surface area contributed by atoms with E-state index < -0.39 is 0 Å². The molecule has 88 valence electrons. The average Bonchev–Trinajstić information content (AvgIpc) is 2.29. The average molecular weight is 297 g/mol. The van der Waals surface area contributed by atoms with Crippen molar-refractivity contribution in [2.24, 2.45) is 0 Å². The fourth-order valence-electron chi connectivity index (χ4n) is 1.73. The summed E-state index contributed by atoms with van der Waals surface area (Å²) in [5.74, 6) is -0.505. The van der Waals surface area contributed by atoms with Gasteiger partial charge >= 0.3 is 0 Å². The smallest absolute Gasteiger partial charge is 0.123 e. The zero-order valence-electron chi connectivity index (χ0n) is 9.25. The van der Waals surface area contributed by atoms with Crippen LogP contribution in [0.25, 0.3) is 0 Å². The highest BCUT2D eigenvalue weighted by atomic mass is 79.9. The largest absolute Gasteiger partial charge is 0.207 e. The predicted octanol–water partition coefficient (Wildman–Crippen LogP) is 4.76. The first kappa shape index (κ1) is 12.2. The van der Waals surface area contributed by atoms with E-state index in [-0.39, 0.29) is 16.5 Å². The van der Waals surface area contributed by atoms with E-state index in [0.717, 1.165) is 16.7 Å². The highest BCUT2D eigenvalue weighted by Crippen LogP contribution is 2.32. The summed E-state index contributed by atoms with van der Waals surface area (Å²) in [6, 6.07) is 10.9. The fraction of sp³-hybridized carbons (Fsp3) is 0.143. The molecule has 0 spiro atoms. The van der Waals surface area contributed by atoms with Crippen LogP contribution in [0.1, 0.15) is 21.5 Å². The van der Waals surface area contributed by atoms with Gasteiger partial charge in [0.25, 0.3) is 0 Å². The Morgan fingerprint density at radius 2 is 1.53 bits per heavy atom. The Morgan fingerprint density at radius 3 is 2.12 bits per heavy atom. The van der Waals surface area contributed by atoms with Gasteiger partial charge in [0.1, 0.15) is 11.6 Å². The van der Waals surface area contributed by atoms with Gasteiger partial charge in [0, 0.05) is 0 Å². The first-order valence-corrected chi connectivity index (χ1v) is 6.15. The molecule has 0 bridgehead atoms. The number of benzene rings is 2. The van der Waals surface area contributed by atoms with Crippen molar-refractivity contribution in [1.29, 1.82) is 0 Å². The number of alkyl halides is 1. The molecule has 17 heavy (non-hydrogen) atoms. The summed E-state index contributed by atoms with van der Waals surface area (Å²) in [4.78, 5) is -0.0521. The van der Waals surface area contributed by atoms with Gasteiger partial charge in [-0.15, -0.1) is 0 Å². The maximum atomic E-state index is 13.0. The summed E-state index contributed by atoms with van der Waals surface area (Å²) < 4.78 is 25.8. The summed E-state index contributed by atoms with van der Waals surface area (Å²) in [5, 5.41) is 0. The van der Waals surface area contributed by atoms with Crippen LogP contribution in [-0.2, 0) is 0 Å². The van der Waals surface area contributed by atoms with Crippen LogP contribution in [0, 0.1) is 18.6 Å². The first-order chi connectivity index (χ1) is 8.08. The zero-order valence-corrected chi connectivity index (χ0v) is 10.8. The van der Waals surface area contributed by atoms with E-state index >= 15 is 0 Å². The van der Waals surface area contributed by atoms with E-state index in [9.17, 15) is 8.78 Å². The second-order valence-electron chi connectivity index (χ2n) is 3.92. The lowest BCUT2D eigenvalue weighted by molar-refractivity contribution is 0.625. The van der Waals surface area contributed by atoms with E-state index in [1.807, 2.05) is 6.92 Å². The van der Waals surface area contributed by atoms with Crippen LogP contribution in [-0.4, -0.2) is 0 Å². The molecule has 0 fully saturated rings. The van der Waals surface area contributed by atoms with Crippen molar-refractivity contribution in [2.75, 3.05) is 0 Å². The summed E-state index contributed by atoms with van der Waals surface area (Å²) >= 11 is 3.55. The monoisotopic (exact) mass is 296 g/mol. The Morgan fingerprint density at radius 1 is 0.941 bits per heavy atom. The molecule has 0 aliphatic carbocycles. The molecule has 0 aromatic heterocycles. The SMILES string of the molecule is Cc1cc(F)ccc1C(Br)c1ccc(F)cc1. The van der Waals surface area contributed by atoms with E-state index in [4.69, 9.17) is 0 Å². The minimum Gasteiger partial charge on any atom is -0.207 e. The van der Waals surface area contributed by atoms with Crippen LogP contribution in [0.15, 0.2) is 42.5 Å². The standard InChI is InChI=1S/C14H11BrF2/c1-9-8-12(17)6-7-13(9)14(15)10-2-4-11(16)5-3-10/h2-8,14H,1H3. The van der Waals surface area contributed by atoms with Crippen LogP contribution in [0.2, 0.25) is 0 Å². The number of rotatable bonds is 2. The summed E-state index contributed by atoms with van der Waals surface area (Å²) in [6.07, 6.45) is 0. The number of hydrogen-bond acceptors (Lipinski definition) is 0. The minimum absolute atomic E-state index is 0.0521. The maximum absolute atomic E-state index is 13.0. The lowest BCUT2D eigenvalue weighted by atomic mass is 10.0. The van der Waals surface area contributed by atoms with Crippen LogP contribution in [0.3, 0.4) is 0 Å². The molecule has 0 heterocycles. The Hall–Kier alpha value is -1.22. The van der Waals surface area contributed by atoms with Gasteiger partial charge < -0.3 is 0 Å². The zero-order chi connectivity index (χ0) is 12.4. The van der Waals surface area contributed by atoms with Gasteiger partial charge in [-0.3, -0.25) is 0 Å². The van der Waals surface area contributed by atoms with Crippen molar-refractivity contribution in [3.63, 3.8) is 0 Å². The molecule has 0 amide bonds. The summed E-state index contributed by atoms with van der Waals surface area (Å²) in [6.45, 7) is 1.86. The van der Waals surface area contributed by atoms with Crippen molar-refractivity contribution in [1.82, 2.24) is 0 Å². The molecule has 1 unspecified atom stereocenters. The molecule has 2 aromatic carbocycles. The van der Waals surface area contributed by atoms with E-state index in [2.05, 4.69) is 15.9 Å². The first-order valence-electron chi connectivity index (χ1n) is 5.23. The third-order valence-corrected chi connectivity index (χ3v) is 3.69. The molecule has 2 rings (SSSR count). The number of halogens is 3. The maximum Gasteiger partial charge on any atom is 0.123 e. The van der Waals surface area contributed by atoms with Crippen LogP contribution in [0.4, 0.5) is 8.78 Å². The second-order valence-corrected chi connectivity index (χ2v) is 4.83. The van der Waals surface area contributed by atoms with Crippen LogP contribution in [0.5, 0.6) is 0 Å². The molecule has 0 saturated heterocycles. The highest BCUT2D eigenvalue weighted by Gasteiger charge is 2.13. The predicted molar refractivity (Wildman–Crippen MR) is 68.3 cm³/mol. The van der Waals surface area contributed by atoms with E-state index in [0.29, 0.717) is 0 Å². The molecule has 3 heteroatoms. The minimum atomic E-state index is -0.260. The molecule has 0 radical (unpaired) electrons. The number of hydrogen-bond donors (Lipinski definition) is 0. The fourth-order valence-corrected chi connectivity index (χ4v) is 2.55. The third-order valence-electron chi connectivity index (χ3n) is 2.67. The second kappa shape index (κ2) is 4.96. The van der Waals surface area contributed by atoms with Gasteiger partial charge in [0.2, 0.25) is 0 Å². The summed E-state index contributed by atoms with van der Waals surface area (Å²) in [5.41, 5.74) is 2.80. The quantitative estimate of drug-likeness (QED) is 0.701. The topological polar surface area (TPSA) is 0 Å². The molecular formula is C14H11BrF2. The molecular weight excluding hydrogens is 286 g/mol. The lowest BCUT2D eigenvalue weighted by Gasteiger charge is -2.13. The van der Waals surface area contributed by atoms with Gasteiger partial charge in [0.05, 0.1) is 4.83 Å². The molecule has 0 aliphatic rings. The van der Waals surface area contributed by atoms with Gasteiger partial charge in [-0.25, -0.2) is 8.78 Å². The third kappa shape index (κ3) is 2.72. The van der Waals surface area contributed by atoms with Crippen molar-refractivity contribution in [3.8, 4) is 0 Å². The van der Waals surface area contributed by atoms with Crippen molar-refractivity contribution < 1.29 is 8.78 Å². The van der Waals surface area contributed by atoms with Gasteiger partial charge in [-0.05, 0) is 47.9 Å². The van der Waals surface area contributed by atoms with Crippen molar-refractivity contribution in [2.45, 2.75) is 11.8 Å². The summed E-state index contributed by atoms with van der Waals surface area (Å²) in [7, 11) is 0. The number of aryl methyl sites for hydroxylation is 1. The Bertz CT molecular complexity index is 520. The van der Waals surface area contributed by atoms with Gasteiger partial charge in [-0.2, -0.15) is 0 Å². The van der Waals surface area contributed by atoms with Gasteiger partial charge in [0.15, 0.2) is 0 Å². The molecule has 0 aliphatic heterocycles. The molecule has 1 atom stereocenters. The normalized spacial score (nSPS) is 12.5. The van der Waals surface area contributed by atoms with E-state index in [1.54, 1.807) is 18.2 Å². The molecule has 2 aromatic rings. The van der Waals surface area contributed by atoms with Crippen LogP contribution >= 0.6 is 15.9 Å². The van der Waals surface area contributed by atoms with E-state index in [1.165, 1.54) is 24.3 Å². The Kier molecular flexibility index (Phi) is 3.57. The Balaban J connectivity index is 2.36. The van der Waals surface area contributed by atoms with Crippen molar-refractivity contribution >= 4 is 15.9 Å². The van der Waals surface area contributed by atoms with Crippen molar-refractivity contribution in [3.05, 3.63) is 70.8 Å². The van der Waals surface area contributed by atoms with Crippen LogP contribution < -0.4 is 0 Å². The molecule has 0 N–H and O–H groups in total. The molecule has 0 saturated carbocycles. The highest BCUT2D eigenvalue weighted by molar-refractivity contribution is 9.09. The Labute approximate surface area is 107 Å².